The molecule has 0 spiro atoms. The van der Waals surface area contributed by atoms with Crippen LogP contribution in [0.15, 0.2) is 12.1 Å². The van der Waals surface area contributed by atoms with E-state index in [2.05, 4.69) is 15.3 Å². The fraction of sp³-hybridized carbons (Fsp3) is 0.474. The highest BCUT2D eigenvalue weighted by atomic mass is 16.5. The van der Waals surface area contributed by atoms with E-state index in [1.165, 1.54) is 0 Å². The van der Waals surface area contributed by atoms with E-state index in [0.717, 1.165) is 35.6 Å². The standard InChI is InChI=1S/C19H25N3O4/c1-11-21-14-6-5-13(9-15(14)22-11)19(23)20-10-12-7-16(24-2)18(26-4)17(8-12)25-3/h7-8,13H,5-6,9-10H2,1-4H3,(H,20,23)(H,21,22). The molecule has 0 aliphatic heterocycles. The van der Waals surface area contributed by atoms with E-state index < -0.39 is 0 Å². The van der Waals surface area contributed by atoms with Gasteiger partial charge in [-0.15, -0.1) is 0 Å². The van der Waals surface area contributed by atoms with Gasteiger partial charge in [-0.2, -0.15) is 0 Å². The van der Waals surface area contributed by atoms with Gasteiger partial charge in [0.15, 0.2) is 11.5 Å². The molecule has 2 N–H and O–H groups in total. The molecule has 2 aromatic rings. The predicted molar refractivity (Wildman–Crippen MR) is 96.8 cm³/mol. The zero-order valence-corrected chi connectivity index (χ0v) is 15.6. The van der Waals surface area contributed by atoms with Gasteiger partial charge in [0, 0.05) is 24.6 Å². The van der Waals surface area contributed by atoms with Crippen molar-refractivity contribution in [3.05, 3.63) is 34.9 Å². The van der Waals surface area contributed by atoms with Crippen molar-refractivity contribution in [2.24, 2.45) is 5.92 Å². The number of hydrogen-bond donors (Lipinski definition) is 2. The Bertz CT molecular complexity index is 775. The number of fused-ring (bicyclic) bond motifs is 1. The van der Waals surface area contributed by atoms with Crippen LogP contribution >= 0.6 is 0 Å². The molecule has 7 nitrogen and oxygen atoms in total. The number of carbonyl (C=O) groups is 1. The topological polar surface area (TPSA) is 85.5 Å². The van der Waals surface area contributed by atoms with Crippen molar-refractivity contribution in [1.82, 2.24) is 15.3 Å². The molecule has 0 saturated carbocycles. The molecule has 140 valence electrons. The Balaban J connectivity index is 1.66. The first-order valence-corrected chi connectivity index (χ1v) is 8.66. The molecule has 7 heteroatoms. The van der Waals surface area contributed by atoms with E-state index in [1.54, 1.807) is 21.3 Å². The van der Waals surface area contributed by atoms with Crippen molar-refractivity contribution >= 4 is 5.91 Å². The van der Waals surface area contributed by atoms with Gasteiger partial charge in [0.1, 0.15) is 5.82 Å². The van der Waals surface area contributed by atoms with Gasteiger partial charge in [-0.3, -0.25) is 4.79 Å². The van der Waals surface area contributed by atoms with Crippen LogP contribution in [0.1, 0.15) is 29.2 Å². The van der Waals surface area contributed by atoms with Gasteiger partial charge in [0.2, 0.25) is 11.7 Å². The molecule has 1 aliphatic rings. The minimum Gasteiger partial charge on any atom is -0.493 e. The van der Waals surface area contributed by atoms with Crippen LogP contribution in [0.4, 0.5) is 0 Å². The summed E-state index contributed by atoms with van der Waals surface area (Å²) in [6, 6.07) is 3.69. The average Bonchev–Trinajstić information content (AvgIpc) is 3.04. The first-order valence-electron chi connectivity index (χ1n) is 8.66. The number of amides is 1. The highest BCUT2D eigenvalue weighted by Crippen LogP contribution is 2.38. The van der Waals surface area contributed by atoms with Gasteiger partial charge in [-0.25, -0.2) is 4.98 Å². The second-order valence-electron chi connectivity index (χ2n) is 6.44. The van der Waals surface area contributed by atoms with Crippen LogP contribution < -0.4 is 19.5 Å². The number of hydrogen-bond acceptors (Lipinski definition) is 5. The Kier molecular flexibility index (Phi) is 5.35. The number of benzene rings is 1. The summed E-state index contributed by atoms with van der Waals surface area (Å²) in [5.41, 5.74) is 3.07. The number of carbonyl (C=O) groups excluding carboxylic acids is 1. The summed E-state index contributed by atoms with van der Waals surface area (Å²) in [6.07, 6.45) is 2.36. The number of imidazole rings is 1. The number of ether oxygens (including phenoxy) is 3. The lowest BCUT2D eigenvalue weighted by molar-refractivity contribution is -0.125. The van der Waals surface area contributed by atoms with Crippen LogP contribution in [0, 0.1) is 12.8 Å². The quantitative estimate of drug-likeness (QED) is 0.826. The molecule has 1 heterocycles. The normalized spacial score (nSPS) is 15.9. The van der Waals surface area contributed by atoms with Gasteiger partial charge < -0.3 is 24.5 Å². The van der Waals surface area contributed by atoms with Crippen molar-refractivity contribution in [1.29, 1.82) is 0 Å². The minimum atomic E-state index is -0.0376. The molecule has 26 heavy (non-hydrogen) atoms. The second-order valence-corrected chi connectivity index (χ2v) is 6.44. The lowest BCUT2D eigenvalue weighted by Crippen LogP contribution is -2.33. The molecule has 0 fully saturated rings. The summed E-state index contributed by atoms with van der Waals surface area (Å²) < 4.78 is 16.0. The first-order chi connectivity index (χ1) is 12.5. The van der Waals surface area contributed by atoms with Gasteiger partial charge >= 0.3 is 0 Å². The van der Waals surface area contributed by atoms with E-state index in [-0.39, 0.29) is 11.8 Å². The Hall–Kier alpha value is -2.70. The third kappa shape index (κ3) is 3.61. The monoisotopic (exact) mass is 359 g/mol. The van der Waals surface area contributed by atoms with Crippen LogP contribution in [0.2, 0.25) is 0 Å². The number of aryl methyl sites for hydroxylation is 2. The van der Waals surface area contributed by atoms with Crippen LogP contribution in [0.25, 0.3) is 0 Å². The summed E-state index contributed by atoms with van der Waals surface area (Å²) >= 11 is 0. The fourth-order valence-electron chi connectivity index (χ4n) is 3.42. The SMILES string of the molecule is COc1cc(CNC(=O)C2CCc3nc(C)[nH]c3C2)cc(OC)c1OC. The van der Waals surface area contributed by atoms with Crippen molar-refractivity contribution in [3.63, 3.8) is 0 Å². The highest BCUT2D eigenvalue weighted by molar-refractivity contribution is 5.79. The predicted octanol–water partition coefficient (Wildman–Crippen LogP) is 2.17. The molecule has 1 aromatic carbocycles. The highest BCUT2D eigenvalue weighted by Gasteiger charge is 2.26. The van der Waals surface area contributed by atoms with Crippen LogP contribution in [0.5, 0.6) is 17.2 Å². The van der Waals surface area contributed by atoms with Gasteiger partial charge in [0.25, 0.3) is 0 Å². The number of aromatic amines is 1. The lowest BCUT2D eigenvalue weighted by atomic mass is 9.89. The third-order valence-corrected chi connectivity index (χ3v) is 4.72. The van der Waals surface area contributed by atoms with Crippen molar-refractivity contribution in [2.75, 3.05) is 21.3 Å². The van der Waals surface area contributed by atoms with Crippen molar-refractivity contribution in [3.8, 4) is 17.2 Å². The zero-order valence-electron chi connectivity index (χ0n) is 15.6. The molecule has 3 rings (SSSR count). The Morgan fingerprint density at radius 3 is 2.54 bits per heavy atom. The van der Waals surface area contributed by atoms with E-state index in [1.807, 2.05) is 19.1 Å². The Labute approximate surface area is 153 Å². The smallest absolute Gasteiger partial charge is 0.223 e. The molecule has 0 saturated heterocycles. The molecule has 1 aliphatic carbocycles. The summed E-state index contributed by atoms with van der Waals surface area (Å²) in [4.78, 5) is 20.3. The largest absolute Gasteiger partial charge is 0.493 e. The van der Waals surface area contributed by atoms with Crippen molar-refractivity contribution < 1.29 is 19.0 Å². The molecular weight excluding hydrogens is 334 g/mol. The molecule has 1 amide bonds. The molecule has 1 unspecified atom stereocenters. The third-order valence-electron chi connectivity index (χ3n) is 4.72. The van der Waals surface area contributed by atoms with E-state index in [9.17, 15) is 4.79 Å². The van der Waals surface area contributed by atoms with E-state index in [0.29, 0.717) is 30.2 Å². The van der Waals surface area contributed by atoms with Gasteiger partial charge in [-0.1, -0.05) is 0 Å². The number of aromatic nitrogens is 2. The van der Waals surface area contributed by atoms with Gasteiger partial charge in [0.05, 0.1) is 27.0 Å². The molecule has 1 aromatic heterocycles. The number of methoxy groups -OCH3 is 3. The summed E-state index contributed by atoms with van der Waals surface area (Å²) in [5, 5.41) is 3.02. The van der Waals surface area contributed by atoms with E-state index >= 15 is 0 Å². The van der Waals surface area contributed by atoms with Gasteiger partial charge in [-0.05, 0) is 37.5 Å². The van der Waals surface area contributed by atoms with Crippen molar-refractivity contribution in [2.45, 2.75) is 32.7 Å². The second kappa shape index (κ2) is 7.68. The minimum absolute atomic E-state index is 0.0376. The molecule has 0 radical (unpaired) electrons. The molecule has 1 atom stereocenters. The maximum atomic E-state index is 12.6. The number of nitrogens with one attached hydrogen (secondary N) is 2. The summed E-state index contributed by atoms with van der Waals surface area (Å²) in [7, 11) is 4.72. The zero-order chi connectivity index (χ0) is 18.7. The maximum absolute atomic E-state index is 12.6. The number of nitrogens with zero attached hydrogens (tertiary/aromatic N) is 1. The maximum Gasteiger partial charge on any atom is 0.223 e. The Morgan fingerprint density at radius 1 is 1.23 bits per heavy atom. The van der Waals surface area contributed by atoms with Crippen LogP contribution in [0.3, 0.4) is 0 Å². The lowest BCUT2D eigenvalue weighted by Gasteiger charge is -2.21. The van der Waals surface area contributed by atoms with Crippen LogP contribution in [-0.4, -0.2) is 37.2 Å². The number of H-pyrrole nitrogens is 1. The Morgan fingerprint density at radius 2 is 1.92 bits per heavy atom. The van der Waals surface area contributed by atoms with Crippen LogP contribution in [-0.2, 0) is 24.2 Å². The summed E-state index contributed by atoms with van der Waals surface area (Å²) in [5.74, 6) is 2.62. The summed E-state index contributed by atoms with van der Waals surface area (Å²) in [6.45, 7) is 2.35. The average molecular weight is 359 g/mol. The van der Waals surface area contributed by atoms with E-state index in [4.69, 9.17) is 14.2 Å². The molecule has 0 bridgehead atoms. The fourth-order valence-corrected chi connectivity index (χ4v) is 3.42. The first kappa shape index (κ1) is 18.1. The number of rotatable bonds is 6. The molecular formula is C19H25N3O4.